The monoisotopic (exact) mass is 164 g/mol. The number of hydrogen-bond acceptors (Lipinski definition) is 4. The van der Waals surface area contributed by atoms with Gasteiger partial charge in [0.05, 0.1) is 12.2 Å². The molecule has 0 aliphatic heterocycles. The first kappa shape index (κ1) is 7.64. The van der Waals surface area contributed by atoms with Crippen LogP contribution in [0.15, 0.2) is 18.5 Å². The lowest BCUT2D eigenvalue weighted by molar-refractivity contribution is 0.494. The van der Waals surface area contributed by atoms with Crippen molar-refractivity contribution in [3.8, 4) is 0 Å². The molecule has 1 unspecified atom stereocenters. The first-order chi connectivity index (χ1) is 5.92. The topological polar surface area (TPSA) is 63.8 Å². The molecule has 3 N–H and O–H groups in total. The number of aromatic nitrogens is 2. The molecule has 1 fully saturated rings. The molecule has 0 saturated heterocycles. The van der Waals surface area contributed by atoms with Crippen LogP contribution in [0, 0.1) is 5.92 Å². The summed E-state index contributed by atoms with van der Waals surface area (Å²) in [5, 5.41) is 7.54. The summed E-state index contributed by atoms with van der Waals surface area (Å²) in [6, 6.07) is 2.22. The minimum Gasteiger partial charge on any atom is -0.271 e. The number of nitrogens with one attached hydrogen (secondary N) is 1. The van der Waals surface area contributed by atoms with E-state index in [2.05, 4.69) is 15.6 Å². The quantitative estimate of drug-likeness (QED) is 0.501. The molecule has 64 valence electrons. The van der Waals surface area contributed by atoms with Crippen molar-refractivity contribution < 1.29 is 0 Å². The van der Waals surface area contributed by atoms with E-state index in [1.54, 1.807) is 12.4 Å². The van der Waals surface area contributed by atoms with Crippen LogP contribution in [0.4, 0.5) is 0 Å². The van der Waals surface area contributed by atoms with Gasteiger partial charge < -0.3 is 0 Å². The molecule has 1 heterocycles. The van der Waals surface area contributed by atoms with Crippen LogP contribution >= 0.6 is 0 Å². The molecule has 0 amide bonds. The zero-order valence-corrected chi connectivity index (χ0v) is 6.77. The van der Waals surface area contributed by atoms with Gasteiger partial charge in [0, 0.05) is 6.20 Å². The first-order valence-corrected chi connectivity index (χ1v) is 4.14. The molecular weight excluding hydrogens is 152 g/mol. The largest absolute Gasteiger partial charge is 0.271 e. The van der Waals surface area contributed by atoms with E-state index >= 15 is 0 Å². The van der Waals surface area contributed by atoms with Crippen molar-refractivity contribution >= 4 is 0 Å². The SMILES string of the molecule is NNC(c1ccnnc1)C1CC1. The van der Waals surface area contributed by atoms with Gasteiger partial charge in [0.1, 0.15) is 0 Å². The molecule has 12 heavy (non-hydrogen) atoms. The molecule has 1 aliphatic rings. The van der Waals surface area contributed by atoms with Crippen LogP contribution in [0.3, 0.4) is 0 Å². The van der Waals surface area contributed by atoms with Crippen LogP contribution in [0.2, 0.25) is 0 Å². The summed E-state index contributed by atoms with van der Waals surface area (Å²) >= 11 is 0. The van der Waals surface area contributed by atoms with Crippen LogP contribution in [-0.4, -0.2) is 10.2 Å². The summed E-state index contributed by atoms with van der Waals surface area (Å²) < 4.78 is 0. The number of hydrogen-bond donors (Lipinski definition) is 2. The molecule has 1 saturated carbocycles. The van der Waals surface area contributed by atoms with Gasteiger partial charge in [0.15, 0.2) is 0 Å². The number of nitrogens with zero attached hydrogens (tertiary/aromatic N) is 2. The maximum absolute atomic E-state index is 5.45. The molecule has 0 radical (unpaired) electrons. The molecule has 1 atom stereocenters. The van der Waals surface area contributed by atoms with Crippen LogP contribution < -0.4 is 11.3 Å². The molecule has 4 heteroatoms. The van der Waals surface area contributed by atoms with Gasteiger partial charge in [0.2, 0.25) is 0 Å². The minimum atomic E-state index is 0.264. The van der Waals surface area contributed by atoms with Crippen molar-refractivity contribution in [2.75, 3.05) is 0 Å². The van der Waals surface area contributed by atoms with Crippen molar-refractivity contribution in [2.24, 2.45) is 11.8 Å². The smallest absolute Gasteiger partial charge is 0.0544 e. The molecule has 4 nitrogen and oxygen atoms in total. The Bertz CT molecular complexity index is 244. The highest BCUT2D eigenvalue weighted by Gasteiger charge is 2.31. The van der Waals surface area contributed by atoms with Crippen molar-refractivity contribution in [2.45, 2.75) is 18.9 Å². The maximum Gasteiger partial charge on any atom is 0.0544 e. The molecule has 0 aromatic carbocycles. The highest BCUT2D eigenvalue weighted by molar-refractivity contribution is 5.14. The van der Waals surface area contributed by atoms with Crippen molar-refractivity contribution in [1.82, 2.24) is 15.6 Å². The summed E-state index contributed by atoms with van der Waals surface area (Å²) in [7, 11) is 0. The summed E-state index contributed by atoms with van der Waals surface area (Å²) in [5.41, 5.74) is 3.95. The minimum absolute atomic E-state index is 0.264. The van der Waals surface area contributed by atoms with Gasteiger partial charge in [-0.3, -0.25) is 11.3 Å². The van der Waals surface area contributed by atoms with Gasteiger partial charge in [-0.25, -0.2) is 0 Å². The summed E-state index contributed by atoms with van der Waals surface area (Å²) in [4.78, 5) is 0. The van der Waals surface area contributed by atoms with Gasteiger partial charge in [0.25, 0.3) is 0 Å². The van der Waals surface area contributed by atoms with E-state index in [1.165, 1.54) is 12.8 Å². The Morgan fingerprint density at radius 2 is 2.33 bits per heavy atom. The molecule has 0 bridgehead atoms. The number of rotatable bonds is 3. The molecule has 1 aliphatic carbocycles. The van der Waals surface area contributed by atoms with Crippen LogP contribution in [0.1, 0.15) is 24.4 Å². The third-order valence-electron chi connectivity index (χ3n) is 2.24. The highest BCUT2D eigenvalue weighted by Crippen LogP contribution is 2.39. The third-order valence-corrected chi connectivity index (χ3v) is 2.24. The van der Waals surface area contributed by atoms with Crippen LogP contribution in [-0.2, 0) is 0 Å². The maximum atomic E-state index is 5.45. The normalized spacial score (nSPS) is 19.1. The van der Waals surface area contributed by atoms with Gasteiger partial charge in [-0.05, 0) is 30.4 Å². The number of hydrazine groups is 1. The third kappa shape index (κ3) is 1.44. The lowest BCUT2D eigenvalue weighted by atomic mass is 10.1. The molecule has 1 aromatic heterocycles. The Morgan fingerprint density at radius 3 is 2.83 bits per heavy atom. The van der Waals surface area contributed by atoms with Crippen molar-refractivity contribution in [3.05, 3.63) is 24.0 Å². The Kier molecular flexibility index (Phi) is 2.01. The van der Waals surface area contributed by atoms with E-state index in [9.17, 15) is 0 Å². The summed E-state index contributed by atoms with van der Waals surface area (Å²) in [6.45, 7) is 0. The first-order valence-electron chi connectivity index (χ1n) is 4.14. The molecular formula is C8H12N4. The average Bonchev–Trinajstić information content (AvgIpc) is 2.92. The molecule has 0 spiro atoms. The van der Waals surface area contributed by atoms with Crippen LogP contribution in [0.5, 0.6) is 0 Å². The summed E-state index contributed by atoms with van der Waals surface area (Å²) in [6.07, 6.45) is 5.99. The Morgan fingerprint density at radius 1 is 1.50 bits per heavy atom. The van der Waals surface area contributed by atoms with E-state index in [0.717, 1.165) is 5.56 Å². The Hall–Kier alpha value is -1.00. The fraction of sp³-hybridized carbons (Fsp3) is 0.500. The average molecular weight is 164 g/mol. The van der Waals surface area contributed by atoms with E-state index in [0.29, 0.717) is 5.92 Å². The number of nitrogens with two attached hydrogens (primary N) is 1. The lowest BCUT2D eigenvalue weighted by Crippen LogP contribution is -2.29. The molecule has 1 aromatic rings. The summed E-state index contributed by atoms with van der Waals surface area (Å²) in [5.74, 6) is 6.14. The Labute approximate surface area is 71.2 Å². The Balaban J connectivity index is 2.15. The molecule has 2 rings (SSSR count). The predicted molar refractivity (Wildman–Crippen MR) is 44.8 cm³/mol. The van der Waals surface area contributed by atoms with E-state index < -0.39 is 0 Å². The zero-order chi connectivity index (χ0) is 8.39. The van der Waals surface area contributed by atoms with Gasteiger partial charge in [-0.2, -0.15) is 10.2 Å². The lowest BCUT2D eigenvalue weighted by Gasteiger charge is -2.13. The fourth-order valence-corrected chi connectivity index (χ4v) is 1.42. The second kappa shape index (κ2) is 3.16. The van der Waals surface area contributed by atoms with E-state index in [-0.39, 0.29) is 6.04 Å². The highest BCUT2D eigenvalue weighted by atomic mass is 15.2. The van der Waals surface area contributed by atoms with Gasteiger partial charge >= 0.3 is 0 Å². The fourth-order valence-electron chi connectivity index (χ4n) is 1.42. The van der Waals surface area contributed by atoms with Crippen molar-refractivity contribution in [3.63, 3.8) is 0 Å². The second-order valence-corrected chi connectivity index (χ2v) is 3.16. The predicted octanol–water partition coefficient (Wildman–Crippen LogP) is 0.391. The van der Waals surface area contributed by atoms with E-state index in [1.807, 2.05) is 6.07 Å². The zero-order valence-electron chi connectivity index (χ0n) is 6.77. The van der Waals surface area contributed by atoms with Crippen LogP contribution in [0.25, 0.3) is 0 Å². The van der Waals surface area contributed by atoms with Crippen molar-refractivity contribution in [1.29, 1.82) is 0 Å². The van der Waals surface area contributed by atoms with E-state index in [4.69, 9.17) is 5.84 Å². The van der Waals surface area contributed by atoms with Gasteiger partial charge in [-0.1, -0.05) is 0 Å². The second-order valence-electron chi connectivity index (χ2n) is 3.16. The standard InChI is InChI=1S/C8H12N4/c9-12-8(6-1-2-6)7-3-4-10-11-5-7/h3-6,8,12H,1-2,9H2. The van der Waals surface area contributed by atoms with Gasteiger partial charge in [-0.15, -0.1) is 0 Å².